The zero-order chi connectivity index (χ0) is 15.1. The third-order valence-corrected chi connectivity index (χ3v) is 3.61. The molecule has 0 unspecified atom stereocenters. The van der Waals surface area contributed by atoms with Gasteiger partial charge in [0.25, 0.3) is 5.91 Å². The summed E-state index contributed by atoms with van der Waals surface area (Å²) in [6, 6.07) is 13.2. The molecule has 0 bridgehead atoms. The first-order valence-corrected chi connectivity index (χ1v) is 8.15. The largest absolute Gasteiger partial charge is 0.455 e. The molecule has 0 radical (unpaired) electrons. The standard InChI is InChI=1S/C16H19NO3S/c1-21-12-14-7-8-15(20-14)16(19)17(9-10-18)11-13-5-3-2-4-6-13/h2-8,18H,9-12H2,1H3. The number of carbonyl (C=O) groups is 1. The maximum Gasteiger partial charge on any atom is 0.289 e. The van der Waals surface area contributed by atoms with Crippen LogP contribution in [0.15, 0.2) is 46.9 Å². The first kappa shape index (κ1) is 15.7. The average Bonchev–Trinajstić information content (AvgIpc) is 2.96. The Labute approximate surface area is 128 Å². The summed E-state index contributed by atoms with van der Waals surface area (Å²) >= 11 is 1.64. The van der Waals surface area contributed by atoms with Crippen molar-refractivity contribution in [3.8, 4) is 0 Å². The van der Waals surface area contributed by atoms with Gasteiger partial charge in [0.05, 0.1) is 12.4 Å². The van der Waals surface area contributed by atoms with Crippen LogP contribution in [0.2, 0.25) is 0 Å². The van der Waals surface area contributed by atoms with E-state index in [-0.39, 0.29) is 19.1 Å². The normalized spacial score (nSPS) is 10.6. The van der Waals surface area contributed by atoms with Crippen molar-refractivity contribution >= 4 is 17.7 Å². The molecule has 0 atom stereocenters. The highest BCUT2D eigenvalue weighted by atomic mass is 32.2. The molecule has 1 amide bonds. The molecular formula is C16H19NO3S. The van der Waals surface area contributed by atoms with Crippen LogP contribution in [0, 0.1) is 0 Å². The lowest BCUT2D eigenvalue weighted by atomic mass is 10.2. The third kappa shape index (κ3) is 4.37. The minimum absolute atomic E-state index is 0.0725. The Kier molecular flexibility index (Phi) is 5.90. The maximum absolute atomic E-state index is 12.5. The first-order chi connectivity index (χ1) is 10.2. The summed E-state index contributed by atoms with van der Waals surface area (Å²) in [7, 11) is 0. The van der Waals surface area contributed by atoms with Crippen LogP contribution in [-0.2, 0) is 12.3 Å². The van der Waals surface area contributed by atoms with Gasteiger partial charge >= 0.3 is 0 Å². The molecular weight excluding hydrogens is 286 g/mol. The Morgan fingerprint density at radius 1 is 1.24 bits per heavy atom. The Hall–Kier alpha value is -1.72. The minimum atomic E-state index is -0.194. The van der Waals surface area contributed by atoms with Crippen LogP contribution >= 0.6 is 11.8 Å². The molecule has 4 nitrogen and oxygen atoms in total. The van der Waals surface area contributed by atoms with E-state index in [0.29, 0.717) is 12.3 Å². The van der Waals surface area contributed by atoms with E-state index in [2.05, 4.69) is 0 Å². The smallest absolute Gasteiger partial charge is 0.289 e. The molecule has 1 heterocycles. The lowest BCUT2D eigenvalue weighted by molar-refractivity contribution is 0.0674. The van der Waals surface area contributed by atoms with Crippen LogP contribution in [0.1, 0.15) is 21.9 Å². The van der Waals surface area contributed by atoms with E-state index in [1.54, 1.807) is 22.7 Å². The lowest BCUT2D eigenvalue weighted by Gasteiger charge is -2.20. The van der Waals surface area contributed by atoms with Gasteiger partial charge in [0.15, 0.2) is 5.76 Å². The molecule has 0 aliphatic rings. The zero-order valence-corrected chi connectivity index (χ0v) is 12.8. The quantitative estimate of drug-likeness (QED) is 0.854. The van der Waals surface area contributed by atoms with E-state index in [0.717, 1.165) is 17.1 Å². The number of rotatable bonds is 7. The topological polar surface area (TPSA) is 53.7 Å². The molecule has 1 N–H and O–H groups in total. The van der Waals surface area contributed by atoms with E-state index in [4.69, 9.17) is 4.42 Å². The van der Waals surface area contributed by atoms with E-state index in [1.165, 1.54) is 0 Å². The second-order valence-corrected chi connectivity index (χ2v) is 5.50. The molecule has 2 aromatic rings. The average molecular weight is 305 g/mol. The first-order valence-electron chi connectivity index (χ1n) is 6.76. The summed E-state index contributed by atoms with van der Waals surface area (Å²) in [6.07, 6.45) is 1.98. The van der Waals surface area contributed by atoms with Crippen molar-refractivity contribution in [1.29, 1.82) is 0 Å². The van der Waals surface area contributed by atoms with Gasteiger partial charge in [-0.05, 0) is 24.0 Å². The van der Waals surface area contributed by atoms with Crippen LogP contribution in [0.3, 0.4) is 0 Å². The van der Waals surface area contributed by atoms with E-state index >= 15 is 0 Å². The van der Waals surface area contributed by atoms with Crippen LogP contribution in [-0.4, -0.2) is 35.3 Å². The van der Waals surface area contributed by atoms with Gasteiger partial charge < -0.3 is 14.4 Å². The minimum Gasteiger partial charge on any atom is -0.455 e. The fourth-order valence-electron chi connectivity index (χ4n) is 2.05. The lowest BCUT2D eigenvalue weighted by Crippen LogP contribution is -2.32. The summed E-state index contributed by atoms with van der Waals surface area (Å²) in [5.41, 5.74) is 1.02. The van der Waals surface area contributed by atoms with Crippen LogP contribution in [0.5, 0.6) is 0 Å². The summed E-state index contributed by atoms with van der Waals surface area (Å²) in [4.78, 5) is 14.1. The molecule has 0 saturated carbocycles. The van der Waals surface area contributed by atoms with Crippen molar-refractivity contribution in [2.45, 2.75) is 12.3 Å². The summed E-state index contributed by atoms with van der Waals surface area (Å²) in [6.45, 7) is 0.669. The van der Waals surface area contributed by atoms with Gasteiger partial charge in [-0.25, -0.2) is 0 Å². The molecule has 1 aromatic carbocycles. The van der Waals surface area contributed by atoms with E-state index in [1.807, 2.05) is 42.7 Å². The van der Waals surface area contributed by atoms with Crippen molar-refractivity contribution in [1.82, 2.24) is 4.90 Å². The van der Waals surface area contributed by atoms with Crippen molar-refractivity contribution < 1.29 is 14.3 Å². The number of aliphatic hydroxyl groups excluding tert-OH is 1. The number of hydrogen-bond acceptors (Lipinski definition) is 4. The number of carbonyl (C=O) groups excluding carboxylic acids is 1. The van der Waals surface area contributed by atoms with Gasteiger partial charge in [-0.1, -0.05) is 30.3 Å². The van der Waals surface area contributed by atoms with Crippen molar-refractivity contribution in [3.05, 3.63) is 59.5 Å². The molecule has 0 saturated heterocycles. The van der Waals surface area contributed by atoms with Crippen LogP contribution in [0.25, 0.3) is 0 Å². The van der Waals surface area contributed by atoms with Crippen molar-refractivity contribution in [3.63, 3.8) is 0 Å². The highest BCUT2D eigenvalue weighted by molar-refractivity contribution is 7.97. The maximum atomic E-state index is 12.5. The van der Waals surface area contributed by atoms with Gasteiger partial charge in [0.2, 0.25) is 0 Å². The monoisotopic (exact) mass is 305 g/mol. The predicted octanol–water partition coefficient (Wildman–Crippen LogP) is 2.78. The Bertz CT molecular complexity index is 568. The zero-order valence-electron chi connectivity index (χ0n) is 12.0. The molecule has 0 aliphatic heterocycles. The number of aliphatic hydroxyl groups is 1. The second-order valence-electron chi connectivity index (χ2n) is 4.63. The molecule has 1 aromatic heterocycles. The molecule has 0 fully saturated rings. The van der Waals surface area contributed by atoms with Gasteiger partial charge in [-0.15, -0.1) is 0 Å². The van der Waals surface area contributed by atoms with Gasteiger partial charge in [-0.2, -0.15) is 11.8 Å². The fraction of sp³-hybridized carbons (Fsp3) is 0.312. The number of thioether (sulfide) groups is 1. The highest BCUT2D eigenvalue weighted by Crippen LogP contribution is 2.16. The summed E-state index contributed by atoms with van der Waals surface area (Å²) < 4.78 is 5.56. The number of hydrogen-bond donors (Lipinski definition) is 1. The second kappa shape index (κ2) is 7.90. The van der Waals surface area contributed by atoms with Gasteiger partial charge in [0.1, 0.15) is 5.76 Å². The van der Waals surface area contributed by atoms with Gasteiger partial charge in [-0.3, -0.25) is 4.79 Å². The Balaban J connectivity index is 2.10. The highest BCUT2D eigenvalue weighted by Gasteiger charge is 2.19. The summed E-state index contributed by atoms with van der Waals surface area (Å²) in [5, 5.41) is 9.17. The SMILES string of the molecule is CSCc1ccc(C(=O)N(CCO)Cc2ccccc2)o1. The third-order valence-electron chi connectivity index (χ3n) is 3.03. The molecule has 0 aliphatic carbocycles. The van der Waals surface area contributed by atoms with E-state index < -0.39 is 0 Å². The molecule has 5 heteroatoms. The van der Waals surface area contributed by atoms with E-state index in [9.17, 15) is 9.90 Å². The predicted molar refractivity (Wildman–Crippen MR) is 84.2 cm³/mol. The van der Waals surface area contributed by atoms with Crippen molar-refractivity contribution in [2.75, 3.05) is 19.4 Å². The Morgan fingerprint density at radius 2 is 2.00 bits per heavy atom. The summed E-state index contributed by atoms with van der Waals surface area (Å²) in [5.74, 6) is 1.66. The number of nitrogens with zero attached hydrogens (tertiary/aromatic N) is 1. The van der Waals surface area contributed by atoms with Crippen molar-refractivity contribution in [2.24, 2.45) is 0 Å². The van der Waals surface area contributed by atoms with Gasteiger partial charge in [0, 0.05) is 13.1 Å². The number of benzene rings is 1. The number of furan rings is 1. The molecule has 0 spiro atoms. The number of amides is 1. The fourth-order valence-corrected chi connectivity index (χ4v) is 2.49. The Morgan fingerprint density at radius 3 is 2.67 bits per heavy atom. The van der Waals surface area contributed by atoms with Crippen LogP contribution in [0.4, 0.5) is 0 Å². The molecule has 21 heavy (non-hydrogen) atoms. The molecule has 112 valence electrons. The van der Waals surface area contributed by atoms with Crippen LogP contribution < -0.4 is 0 Å². The molecule has 2 rings (SSSR count).